The predicted molar refractivity (Wildman–Crippen MR) is 105 cm³/mol. The average Bonchev–Trinajstić information content (AvgIpc) is 2.62. The Bertz CT molecular complexity index is 616. The smallest absolute Gasteiger partial charge is 0.356 e. The fourth-order valence-electron chi connectivity index (χ4n) is 3.20. The molecular weight excluding hydrogens is 353 g/mol. The SMILES string of the molecule is CN=C(NCCCN(C)CC(F)(F)F)N1CCC(=Cc2ccccc2)CC1. The van der Waals surface area contributed by atoms with Gasteiger partial charge in [0.05, 0.1) is 6.54 Å². The molecule has 0 radical (unpaired) electrons. The van der Waals surface area contributed by atoms with Crippen molar-refractivity contribution in [2.24, 2.45) is 4.99 Å². The molecule has 27 heavy (non-hydrogen) atoms. The molecule has 150 valence electrons. The van der Waals surface area contributed by atoms with E-state index in [1.54, 1.807) is 7.05 Å². The Kier molecular flexibility index (Phi) is 8.16. The molecule has 0 saturated carbocycles. The third kappa shape index (κ3) is 8.03. The van der Waals surface area contributed by atoms with Gasteiger partial charge >= 0.3 is 6.18 Å². The minimum absolute atomic E-state index is 0.396. The zero-order valence-corrected chi connectivity index (χ0v) is 16.1. The molecule has 1 aliphatic heterocycles. The third-order valence-electron chi connectivity index (χ3n) is 4.54. The molecule has 0 spiro atoms. The first-order valence-electron chi connectivity index (χ1n) is 9.33. The van der Waals surface area contributed by atoms with Crippen molar-refractivity contribution in [3.05, 3.63) is 41.5 Å². The van der Waals surface area contributed by atoms with E-state index in [-0.39, 0.29) is 0 Å². The molecule has 0 aromatic heterocycles. The van der Waals surface area contributed by atoms with Gasteiger partial charge in [-0.05, 0) is 38.4 Å². The first-order chi connectivity index (χ1) is 12.9. The van der Waals surface area contributed by atoms with E-state index in [1.165, 1.54) is 23.1 Å². The molecule has 1 aliphatic rings. The van der Waals surface area contributed by atoms with Crippen LogP contribution in [-0.2, 0) is 0 Å². The molecule has 7 heteroatoms. The standard InChI is InChI=1S/C20H29F3N4/c1-24-19(25-11-6-12-26(2)16-20(21,22)23)27-13-9-18(10-14-27)15-17-7-4-3-5-8-17/h3-5,7-8,15H,6,9-14,16H2,1-2H3,(H,24,25). The van der Waals surface area contributed by atoms with Gasteiger partial charge in [0.2, 0.25) is 0 Å². The van der Waals surface area contributed by atoms with Gasteiger partial charge in [-0.25, -0.2) is 0 Å². The van der Waals surface area contributed by atoms with E-state index >= 15 is 0 Å². The predicted octanol–water partition coefficient (Wildman–Crippen LogP) is 3.63. The molecule has 1 aromatic rings. The van der Waals surface area contributed by atoms with Crippen LogP contribution < -0.4 is 5.32 Å². The summed E-state index contributed by atoms with van der Waals surface area (Å²) < 4.78 is 37.0. The van der Waals surface area contributed by atoms with Crippen LogP contribution in [0.4, 0.5) is 13.2 Å². The van der Waals surface area contributed by atoms with Crippen LogP contribution in [0, 0.1) is 0 Å². The quantitative estimate of drug-likeness (QED) is 0.463. The van der Waals surface area contributed by atoms with E-state index in [1.807, 2.05) is 18.2 Å². The van der Waals surface area contributed by atoms with Gasteiger partial charge in [0.1, 0.15) is 0 Å². The summed E-state index contributed by atoms with van der Waals surface area (Å²) in [7, 11) is 3.24. The number of halogens is 3. The number of rotatable bonds is 6. The molecule has 1 fully saturated rings. The highest BCUT2D eigenvalue weighted by Crippen LogP contribution is 2.19. The number of alkyl halides is 3. The molecule has 2 rings (SSSR count). The molecule has 1 N–H and O–H groups in total. The number of hydrogen-bond donors (Lipinski definition) is 1. The van der Waals surface area contributed by atoms with E-state index in [0.29, 0.717) is 19.5 Å². The number of nitrogens with zero attached hydrogens (tertiary/aromatic N) is 3. The number of nitrogens with one attached hydrogen (secondary N) is 1. The first kappa shape index (κ1) is 21.3. The second-order valence-corrected chi connectivity index (χ2v) is 6.88. The minimum atomic E-state index is -4.14. The summed E-state index contributed by atoms with van der Waals surface area (Å²) in [5.41, 5.74) is 2.66. The number of benzene rings is 1. The zero-order valence-electron chi connectivity index (χ0n) is 16.1. The van der Waals surface area contributed by atoms with Gasteiger partial charge < -0.3 is 10.2 Å². The highest BCUT2D eigenvalue weighted by molar-refractivity contribution is 5.80. The van der Waals surface area contributed by atoms with Crippen LogP contribution in [0.2, 0.25) is 0 Å². The van der Waals surface area contributed by atoms with Crippen LogP contribution in [0.15, 0.2) is 40.9 Å². The van der Waals surface area contributed by atoms with Crippen LogP contribution in [0.3, 0.4) is 0 Å². The van der Waals surface area contributed by atoms with Crippen molar-refractivity contribution in [2.45, 2.75) is 25.4 Å². The van der Waals surface area contributed by atoms with Crippen LogP contribution in [0.5, 0.6) is 0 Å². The highest BCUT2D eigenvalue weighted by Gasteiger charge is 2.28. The molecule has 0 atom stereocenters. The van der Waals surface area contributed by atoms with Crippen molar-refractivity contribution < 1.29 is 13.2 Å². The highest BCUT2D eigenvalue weighted by atomic mass is 19.4. The lowest BCUT2D eigenvalue weighted by molar-refractivity contribution is -0.143. The summed E-state index contributed by atoms with van der Waals surface area (Å²) in [5, 5.41) is 3.27. The lowest BCUT2D eigenvalue weighted by atomic mass is 10.0. The van der Waals surface area contributed by atoms with Crippen molar-refractivity contribution in [3.8, 4) is 0 Å². The van der Waals surface area contributed by atoms with Gasteiger partial charge in [0, 0.05) is 26.7 Å². The number of aliphatic imine (C=N–C) groups is 1. The van der Waals surface area contributed by atoms with Crippen LogP contribution in [0.25, 0.3) is 6.08 Å². The van der Waals surface area contributed by atoms with Crippen LogP contribution >= 0.6 is 0 Å². The Hall–Kier alpha value is -2.02. The summed E-state index contributed by atoms with van der Waals surface area (Å²) in [6.07, 6.45) is 0.730. The normalized spacial score (nSPS) is 16.0. The van der Waals surface area contributed by atoms with Gasteiger partial charge in [0.15, 0.2) is 5.96 Å². The molecule has 0 amide bonds. The summed E-state index contributed by atoms with van der Waals surface area (Å²) >= 11 is 0. The van der Waals surface area contributed by atoms with Crippen molar-refractivity contribution in [1.29, 1.82) is 0 Å². The van der Waals surface area contributed by atoms with Gasteiger partial charge in [0.25, 0.3) is 0 Å². The Morgan fingerprint density at radius 2 is 1.89 bits per heavy atom. The molecular formula is C20H29F3N4. The van der Waals surface area contributed by atoms with E-state index in [9.17, 15) is 13.2 Å². The van der Waals surface area contributed by atoms with Crippen LogP contribution in [0.1, 0.15) is 24.8 Å². The molecule has 0 aliphatic carbocycles. The first-order valence-corrected chi connectivity index (χ1v) is 9.33. The lowest BCUT2D eigenvalue weighted by Gasteiger charge is -2.31. The van der Waals surface area contributed by atoms with Gasteiger partial charge in [-0.3, -0.25) is 9.89 Å². The summed E-state index contributed by atoms with van der Waals surface area (Å²) in [4.78, 5) is 7.82. The summed E-state index contributed by atoms with van der Waals surface area (Å²) in [5.74, 6) is 0.826. The largest absolute Gasteiger partial charge is 0.401 e. The maximum atomic E-state index is 12.3. The fraction of sp³-hybridized carbons (Fsp3) is 0.550. The second kappa shape index (κ2) is 10.3. The monoisotopic (exact) mass is 382 g/mol. The van der Waals surface area contributed by atoms with Crippen LogP contribution in [-0.4, -0.2) is 68.8 Å². The minimum Gasteiger partial charge on any atom is -0.356 e. The Labute approximate surface area is 159 Å². The molecule has 0 bridgehead atoms. The second-order valence-electron chi connectivity index (χ2n) is 6.88. The Balaban J connectivity index is 1.72. The topological polar surface area (TPSA) is 30.9 Å². The molecule has 0 unspecified atom stereocenters. The maximum absolute atomic E-state index is 12.3. The Morgan fingerprint density at radius 3 is 2.48 bits per heavy atom. The van der Waals surface area contributed by atoms with E-state index in [0.717, 1.165) is 31.9 Å². The van der Waals surface area contributed by atoms with Gasteiger partial charge in [-0.2, -0.15) is 13.2 Å². The number of guanidine groups is 1. The number of hydrogen-bond acceptors (Lipinski definition) is 2. The summed E-state index contributed by atoms with van der Waals surface area (Å²) in [6.45, 7) is 1.93. The third-order valence-corrected chi connectivity index (χ3v) is 4.54. The lowest BCUT2D eigenvalue weighted by Crippen LogP contribution is -2.45. The van der Waals surface area contributed by atoms with E-state index in [4.69, 9.17) is 0 Å². The maximum Gasteiger partial charge on any atom is 0.401 e. The molecule has 1 heterocycles. The van der Waals surface area contributed by atoms with Crippen molar-refractivity contribution in [1.82, 2.24) is 15.1 Å². The van der Waals surface area contributed by atoms with Crippen molar-refractivity contribution in [3.63, 3.8) is 0 Å². The van der Waals surface area contributed by atoms with E-state index < -0.39 is 12.7 Å². The molecule has 1 saturated heterocycles. The van der Waals surface area contributed by atoms with Gasteiger partial charge in [-0.1, -0.05) is 42.0 Å². The van der Waals surface area contributed by atoms with Crippen molar-refractivity contribution >= 4 is 12.0 Å². The Morgan fingerprint density at radius 1 is 1.22 bits per heavy atom. The fourth-order valence-corrected chi connectivity index (χ4v) is 3.20. The molecule has 4 nitrogen and oxygen atoms in total. The summed E-state index contributed by atoms with van der Waals surface area (Å²) in [6, 6.07) is 10.3. The zero-order chi connectivity index (χ0) is 19.7. The number of likely N-dealkylation sites (tertiary alicyclic amines) is 1. The molecule has 1 aromatic carbocycles. The van der Waals surface area contributed by atoms with Gasteiger partial charge in [-0.15, -0.1) is 0 Å². The number of piperidine rings is 1. The van der Waals surface area contributed by atoms with E-state index in [2.05, 4.69) is 33.4 Å². The average molecular weight is 382 g/mol. The van der Waals surface area contributed by atoms with Crippen molar-refractivity contribution in [2.75, 3.05) is 46.8 Å².